The van der Waals surface area contributed by atoms with E-state index in [0.29, 0.717) is 23.8 Å². The van der Waals surface area contributed by atoms with E-state index in [4.69, 9.17) is 4.74 Å². The van der Waals surface area contributed by atoms with Crippen molar-refractivity contribution >= 4 is 6.29 Å². The summed E-state index contributed by atoms with van der Waals surface area (Å²) in [7, 11) is 0. The first-order valence-electron chi connectivity index (χ1n) is 4.79. The molecule has 0 aromatic carbocycles. The van der Waals surface area contributed by atoms with Crippen molar-refractivity contribution < 1.29 is 9.53 Å². The van der Waals surface area contributed by atoms with Gasteiger partial charge in [0.2, 0.25) is 5.88 Å². The molecule has 0 aliphatic carbocycles. The van der Waals surface area contributed by atoms with E-state index >= 15 is 0 Å². The molecular weight excluding hydrogens is 180 g/mol. The van der Waals surface area contributed by atoms with Crippen LogP contribution in [0.25, 0.3) is 0 Å². The summed E-state index contributed by atoms with van der Waals surface area (Å²) >= 11 is 0. The number of H-pyrrole nitrogens is 1. The van der Waals surface area contributed by atoms with Crippen LogP contribution in [0.3, 0.4) is 0 Å². The molecule has 14 heavy (non-hydrogen) atoms. The number of aldehydes is 1. The highest BCUT2D eigenvalue weighted by molar-refractivity contribution is 5.71. The van der Waals surface area contributed by atoms with E-state index < -0.39 is 0 Å². The smallest absolute Gasteiger partial charge is 0.210 e. The first-order valence-corrected chi connectivity index (χ1v) is 4.79. The van der Waals surface area contributed by atoms with Gasteiger partial charge in [-0.15, -0.1) is 0 Å². The van der Waals surface area contributed by atoms with Crippen LogP contribution < -0.4 is 4.74 Å². The van der Waals surface area contributed by atoms with Crippen molar-refractivity contribution in [3.8, 4) is 5.88 Å². The lowest BCUT2D eigenvalue weighted by molar-refractivity contribution is 0.111. The maximum Gasteiger partial charge on any atom is 0.210 e. The molecule has 4 heteroatoms. The Balaban J connectivity index is 2.47. The van der Waals surface area contributed by atoms with Crippen LogP contribution in [0.1, 0.15) is 37.7 Å². The van der Waals surface area contributed by atoms with Gasteiger partial charge in [0.1, 0.15) is 5.69 Å². The fraction of sp³-hybridized carbons (Fsp3) is 0.600. The number of hydrogen-bond acceptors (Lipinski definition) is 3. The molecule has 0 radical (unpaired) electrons. The van der Waals surface area contributed by atoms with E-state index in [1.54, 1.807) is 6.07 Å². The van der Waals surface area contributed by atoms with E-state index in [0.717, 1.165) is 6.42 Å². The summed E-state index contributed by atoms with van der Waals surface area (Å²) in [6.45, 7) is 6.29. The van der Waals surface area contributed by atoms with Gasteiger partial charge < -0.3 is 4.74 Å². The Bertz CT molecular complexity index is 294. The standard InChI is InChI=1S/C10H16N2O2/c1-7(2)4-8(3)14-10-5-9(6-13)11-12-10/h5-8H,4H2,1-3H3,(H,11,12). The summed E-state index contributed by atoms with van der Waals surface area (Å²) in [5.74, 6) is 1.15. The van der Waals surface area contributed by atoms with Crippen LogP contribution in [0.5, 0.6) is 5.88 Å². The summed E-state index contributed by atoms with van der Waals surface area (Å²) in [4.78, 5) is 10.3. The highest BCUT2D eigenvalue weighted by atomic mass is 16.5. The Morgan fingerprint density at radius 3 is 2.79 bits per heavy atom. The average Bonchev–Trinajstić information content (AvgIpc) is 2.50. The predicted molar refractivity (Wildman–Crippen MR) is 53.5 cm³/mol. The number of carbonyl (C=O) groups excluding carboxylic acids is 1. The molecule has 0 amide bonds. The number of ether oxygens (including phenoxy) is 1. The van der Waals surface area contributed by atoms with Gasteiger partial charge in [0.25, 0.3) is 0 Å². The lowest BCUT2D eigenvalue weighted by Crippen LogP contribution is -2.14. The van der Waals surface area contributed by atoms with Crippen molar-refractivity contribution in [1.29, 1.82) is 0 Å². The summed E-state index contributed by atoms with van der Waals surface area (Å²) in [5.41, 5.74) is 0.372. The van der Waals surface area contributed by atoms with E-state index in [2.05, 4.69) is 24.0 Å². The number of carbonyl (C=O) groups is 1. The zero-order valence-corrected chi connectivity index (χ0v) is 8.78. The van der Waals surface area contributed by atoms with Crippen molar-refractivity contribution in [1.82, 2.24) is 10.2 Å². The van der Waals surface area contributed by atoms with Gasteiger partial charge in [-0.1, -0.05) is 13.8 Å². The minimum Gasteiger partial charge on any atom is -0.475 e. The largest absolute Gasteiger partial charge is 0.475 e. The zero-order chi connectivity index (χ0) is 10.6. The Morgan fingerprint density at radius 2 is 2.29 bits per heavy atom. The van der Waals surface area contributed by atoms with Crippen LogP contribution in [0.15, 0.2) is 6.07 Å². The third-order valence-corrected chi connectivity index (χ3v) is 1.83. The number of aromatic amines is 1. The summed E-state index contributed by atoms with van der Waals surface area (Å²) in [6.07, 6.45) is 1.81. The number of hydrogen-bond donors (Lipinski definition) is 1. The SMILES string of the molecule is CC(C)CC(C)Oc1cc(C=O)n[nH]1. The van der Waals surface area contributed by atoms with Gasteiger partial charge in [-0.2, -0.15) is 5.10 Å². The van der Waals surface area contributed by atoms with E-state index in [1.807, 2.05) is 6.92 Å². The molecule has 0 saturated heterocycles. The summed E-state index contributed by atoms with van der Waals surface area (Å²) in [6, 6.07) is 1.60. The first kappa shape index (κ1) is 10.8. The van der Waals surface area contributed by atoms with Gasteiger partial charge in [0.05, 0.1) is 6.10 Å². The summed E-state index contributed by atoms with van der Waals surface area (Å²) < 4.78 is 5.53. The maximum absolute atomic E-state index is 10.3. The number of nitrogens with one attached hydrogen (secondary N) is 1. The van der Waals surface area contributed by atoms with Crippen molar-refractivity contribution in [2.24, 2.45) is 5.92 Å². The highest BCUT2D eigenvalue weighted by Crippen LogP contribution is 2.13. The van der Waals surface area contributed by atoms with Gasteiger partial charge in [-0.3, -0.25) is 4.79 Å². The molecule has 1 N–H and O–H groups in total. The van der Waals surface area contributed by atoms with Crippen LogP contribution in [0.2, 0.25) is 0 Å². The lowest BCUT2D eigenvalue weighted by atomic mass is 10.1. The van der Waals surface area contributed by atoms with Crippen LogP contribution >= 0.6 is 0 Å². The minimum atomic E-state index is 0.134. The van der Waals surface area contributed by atoms with Crippen LogP contribution in [0, 0.1) is 5.92 Å². The fourth-order valence-corrected chi connectivity index (χ4v) is 1.37. The zero-order valence-electron chi connectivity index (χ0n) is 8.78. The number of aromatic nitrogens is 2. The molecule has 0 fully saturated rings. The lowest BCUT2D eigenvalue weighted by Gasteiger charge is -2.14. The van der Waals surface area contributed by atoms with Crippen LogP contribution in [-0.4, -0.2) is 22.6 Å². The molecule has 1 unspecified atom stereocenters. The third kappa shape index (κ3) is 3.20. The molecule has 1 aromatic rings. The molecule has 0 saturated carbocycles. The quantitative estimate of drug-likeness (QED) is 0.733. The second kappa shape index (κ2) is 4.79. The molecular formula is C10H16N2O2. The van der Waals surface area contributed by atoms with Crippen molar-refractivity contribution in [3.05, 3.63) is 11.8 Å². The van der Waals surface area contributed by atoms with E-state index in [1.165, 1.54) is 0 Å². The molecule has 1 rings (SSSR count). The van der Waals surface area contributed by atoms with Crippen LogP contribution in [-0.2, 0) is 0 Å². The molecule has 1 heterocycles. The van der Waals surface area contributed by atoms with Crippen molar-refractivity contribution in [2.75, 3.05) is 0 Å². The van der Waals surface area contributed by atoms with Gasteiger partial charge in [-0.05, 0) is 19.3 Å². The monoisotopic (exact) mass is 196 g/mol. The third-order valence-electron chi connectivity index (χ3n) is 1.83. The topological polar surface area (TPSA) is 55.0 Å². The Morgan fingerprint density at radius 1 is 1.57 bits per heavy atom. The van der Waals surface area contributed by atoms with E-state index in [-0.39, 0.29) is 6.10 Å². The number of nitrogens with zero attached hydrogens (tertiary/aromatic N) is 1. The average molecular weight is 196 g/mol. The minimum absolute atomic E-state index is 0.134. The first-order chi connectivity index (χ1) is 6.61. The molecule has 4 nitrogen and oxygen atoms in total. The van der Waals surface area contributed by atoms with Gasteiger partial charge in [0, 0.05) is 6.07 Å². The normalized spacial score (nSPS) is 12.9. The van der Waals surface area contributed by atoms with Crippen molar-refractivity contribution in [3.63, 3.8) is 0 Å². The summed E-state index contributed by atoms with van der Waals surface area (Å²) in [5, 5.41) is 6.41. The maximum atomic E-state index is 10.3. The molecule has 78 valence electrons. The van der Waals surface area contributed by atoms with Gasteiger partial charge in [0.15, 0.2) is 6.29 Å². The molecule has 0 spiro atoms. The van der Waals surface area contributed by atoms with Crippen LogP contribution in [0.4, 0.5) is 0 Å². The second-order valence-corrected chi connectivity index (χ2v) is 3.83. The fourth-order valence-electron chi connectivity index (χ4n) is 1.37. The second-order valence-electron chi connectivity index (χ2n) is 3.83. The van der Waals surface area contributed by atoms with Gasteiger partial charge in [-0.25, -0.2) is 5.10 Å². The Labute approximate surface area is 83.7 Å². The highest BCUT2D eigenvalue weighted by Gasteiger charge is 2.08. The Kier molecular flexibility index (Phi) is 3.68. The van der Waals surface area contributed by atoms with E-state index in [9.17, 15) is 4.79 Å². The molecule has 0 aliphatic heterocycles. The van der Waals surface area contributed by atoms with Gasteiger partial charge >= 0.3 is 0 Å². The molecule has 1 atom stereocenters. The predicted octanol–water partition coefficient (Wildman–Crippen LogP) is 2.04. The van der Waals surface area contributed by atoms with Crippen molar-refractivity contribution in [2.45, 2.75) is 33.3 Å². The molecule has 1 aromatic heterocycles. The Hall–Kier alpha value is -1.32. The number of rotatable bonds is 5. The molecule has 0 aliphatic rings. The molecule has 0 bridgehead atoms.